The summed E-state index contributed by atoms with van der Waals surface area (Å²) in [5, 5.41) is 0. The van der Waals surface area contributed by atoms with E-state index in [9.17, 15) is 21.6 Å². The van der Waals surface area contributed by atoms with Crippen LogP contribution in [0, 0.1) is 0 Å². The minimum Gasteiger partial charge on any atom is -0.496 e. The summed E-state index contributed by atoms with van der Waals surface area (Å²) < 4.78 is 65.0. The van der Waals surface area contributed by atoms with E-state index in [-0.39, 0.29) is 33.6 Å². The lowest BCUT2D eigenvalue weighted by molar-refractivity contribution is 0.0300. The quantitative estimate of drug-likeness (QED) is 0.574. The summed E-state index contributed by atoms with van der Waals surface area (Å²) >= 11 is 0. The van der Waals surface area contributed by atoms with Gasteiger partial charge in [-0.1, -0.05) is 0 Å². The Bertz CT molecular complexity index is 1320. The van der Waals surface area contributed by atoms with Gasteiger partial charge in [0.05, 0.1) is 41.4 Å². The van der Waals surface area contributed by atoms with Crippen molar-refractivity contribution in [3.05, 3.63) is 47.5 Å². The van der Waals surface area contributed by atoms with Crippen LogP contribution >= 0.6 is 0 Å². The standard InChI is InChI=1S/C22H27N3O7S2/c1-23(2)33(27,28)17-4-6-20-16(14-17)8-9-25(20)34(29,30)18-5-7-21(31-3)19(15-18)22(26)24-10-12-32-13-11-24/h4-7,14-15H,8-13H2,1-3H3. The number of nitrogens with zero attached hydrogens (tertiary/aromatic N) is 3. The highest BCUT2D eigenvalue weighted by Crippen LogP contribution is 2.36. The number of benzene rings is 2. The molecule has 0 saturated carbocycles. The Labute approximate surface area is 199 Å². The number of sulfonamides is 2. The lowest BCUT2D eigenvalue weighted by atomic mass is 10.1. The maximum absolute atomic E-state index is 13.6. The van der Waals surface area contributed by atoms with E-state index < -0.39 is 20.0 Å². The van der Waals surface area contributed by atoms with E-state index in [1.807, 2.05) is 0 Å². The summed E-state index contributed by atoms with van der Waals surface area (Å²) in [6.45, 7) is 1.83. The zero-order valence-electron chi connectivity index (χ0n) is 19.2. The Morgan fingerprint density at radius 3 is 2.29 bits per heavy atom. The minimum atomic E-state index is -4.01. The fraction of sp³-hybridized carbons (Fsp3) is 0.409. The number of ether oxygens (including phenoxy) is 2. The molecule has 0 aromatic heterocycles. The van der Waals surface area contributed by atoms with E-state index >= 15 is 0 Å². The van der Waals surface area contributed by atoms with Crippen molar-refractivity contribution in [2.45, 2.75) is 16.2 Å². The number of carbonyl (C=O) groups is 1. The van der Waals surface area contributed by atoms with E-state index in [4.69, 9.17) is 9.47 Å². The minimum absolute atomic E-state index is 0.0391. The highest BCUT2D eigenvalue weighted by molar-refractivity contribution is 7.92. The molecule has 184 valence electrons. The molecule has 2 aliphatic rings. The van der Waals surface area contributed by atoms with Crippen molar-refractivity contribution in [2.24, 2.45) is 0 Å². The smallest absolute Gasteiger partial charge is 0.264 e. The van der Waals surface area contributed by atoms with Gasteiger partial charge in [-0.2, -0.15) is 0 Å². The van der Waals surface area contributed by atoms with Crippen molar-refractivity contribution in [1.29, 1.82) is 0 Å². The van der Waals surface area contributed by atoms with E-state index in [2.05, 4.69) is 0 Å². The summed E-state index contributed by atoms with van der Waals surface area (Å²) in [7, 11) is -3.33. The summed E-state index contributed by atoms with van der Waals surface area (Å²) in [5.41, 5.74) is 1.22. The number of amides is 1. The van der Waals surface area contributed by atoms with Crippen molar-refractivity contribution < 1.29 is 31.1 Å². The first-order valence-corrected chi connectivity index (χ1v) is 13.6. The maximum Gasteiger partial charge on any atom is 0.264 e. The van der Waals surface area contributed by atoms with E-state index in [0.717, 1.165) is 4.31 Å². The van der Waals surface area contributed by atoms with Crippen LogP contribution in [0.1, 0.15) is 15.9 Å². The van der Waals surface area contributed by atoms with Crippen molar-refractivity contribution in [3.63, 3.8) is 0 Å². The molecule has 1 amide bonds. The molecular formula is C22H27N3O7S2. The molecule has 2 aromatic carbocycles. The molecule has 2 heterocycles. The van der Waals surface area contributed by atoms with Gasteiger partial charge in [0.2, 0.25) is 10.0 Å². The van der Waals surface area contributed by atoms with Gasteiger partial charge in [0.15, 0.2) is 0 Å². The summed E-state index contributed by atoms with van der Waals surface area (Å²) in [6, 6.07) is 8.66. The van der Waals surface area contributed by atoms with Crippen molar-refractivity contribution in [3.8, 4) is 5.75 Å². The molecule has 0 bridgehead atoms. The topological polar surface area (TPSA) is 114 Å². The Morgan fingerprint density at radius 2 is 1.65 bits per heavy atom. The molecule has 0 aliphatic carbocycles. The van der Waals surface area contributed by atoms with Crippen LogP contribution in [0.3, 0.4) is 0 Å². The van der Waals surface area contributed by atoms with Gasteiger partial charge in [-0.15, -0.1) is 0 Å². The van der Waals surface area contributed by atoms with Crippen molar-refractivity contribution in [1.82, 2.24) is 9.21 Å². The second kappa shape index (κ2) is 9.17. The first kappa shape index (κ1) is 24.5. The van der Waals surface area contributed by atoms with Crippen LogP contribution in [0.5, 0.6) is 5.75 Å². The predicted molar refractivity (Wildman–Crippen MR) is 125 cm³/mol. The Kier molecular flexibility index (Phi) is 6.60. The Balaban J connectivity index is 1.69. The maximum atomic E-state index is 13.6. The molecular weight excluding hydrogens is 482 g/mol. The van der Waals surface area contributed by atoms with Crippen LogP contribution in [0.15, 0.2) is 46.2 Å². The third-order valence-corrected chi connectivity index (χ3v) is 9.59. The average molecular weight is 510 g/mol. The molecule has 0 unspecified atom stereocenters. The second-order valence-electron chi connectivity index (χ2n) is 8.17. The number of fused-ring (bicyclic) bond motifs is 1. The van der Waals surface area contributed by atoms with Crippen molar-refractivity contribution >= 4 is 31.6 Å². The largest absolute Gasteiger partial charge is 0.496 e. The number of anilines is 1. The zero-order chi connectivity index (χ0) is 24.7. The number of morpholine rings is 1. The fourth-order valence-electron chi connectivity index (χ4n) is 4.05. The van der Waals surface area contributed by atoms with Gasteiger partial charge in [-0.3, -0.25) is 9.10 Å². The molecule has 0 spiro atoms. The fourth-order valence-corrected chi connectivity index (χ4v) is 6.53. The number of rotatable bonds is 6. The number of hydrogen-bond donors (Lipinski definition) is 0. The highest BCUT2D eigenvalue weighted by Gasteiger charge is 2.33. The molecule has 1 fully saturated rings. The van der Waals surface area contributed by atoms with Crippen LogP contribution in [-0.4, -0.2) is 86.0 Å². The third-order valence-electron chi connectivity index (χ3n) is 5.97. The van der Waals surface area contributed by atoms with Crippen LogP contribution in [0.2, 0.25) is 0 Å². The predicted octanol–water partition coefficient (Wildman–Crippen LogP) is 1.17. The zero-order valence-corrected chi connectivity index (χ0v) is 20.9. The Hall–Kier alpha value is -2.67. The van der Waals surface area contributed by atoms with Crippen LogP contribution in [0.25, 0.3) is 0 Å². The first-order chi connectivity index (χ1) is 16.1. The lowest BCUT2D eigenvalue weighted by Crippen LogP contribution is -2.41. The molecule has 4 rings (SSSR count). The lowest BCUT2D eigenvalue weighted by Gasteiger charge is -2.27. The van der Waals surface area contributed by atoms with Crippen molar-refractivity contribution in [2.75, 3.05) is 58.4 Å². The molecule has 12 heteroatoms. The summed E-state index contributed by atoms with van der Waals surface area (Å²) in [4.78, 5) is 14.8. The molecule has 1 saturated heterocycles. The van der Waals surface area contributed by atoms with Gasteiger partial charge in [0, 0.05) is 33.7 Å². The molecule has 0 atom stereocenters. The molecule has 0 N–H and O–H groups in total. The molecule has 2 aliphatic heterocycles. The van der Waals surface area contributed by atoms with Gasteiger partial charge < -0.3 is 14.4 Å². The summed E-state index contributed by atoms with van der Waals surface area (Å²) in [6.07, 6.45) is 0.376. The molecule has 0 radical (unpaired) electrons. The third kappa shape index (κ3) is 4.26. The van der Waals surface area contributed by atoms with E-state index in [1.54, 1.807) is 4.90 Å². The van der Waals surface area contributed by atoms with Gasteiger partial charge in [0.25, 0.3) is 15.9 Å². The van der Waals surface area contributed by atoms with Crippen LogP contribution in [0.4, 0.5) is 5.69 Å². The molecule has 2 aromatic rings. The van der Waals surface area contributed by atoms with Gasteiger partial charge >= 0.3 is 0 Å². The Morgan fingerprint density at radius 1 is 0.971 bits per heavy atom. The first-order valence-electron chi connectivity index (χ1n) is 10.7. The second-order valence-corrected chi connectivity index (χ2v) is 12.2. The summed E-state index contributed by atoms with van der Waals surface area (Å²) in [5.74, 6) is -0.0339. The van der Waals surface area contributed by atoms with Gasteiger partial charge in [-0.25, -0.2) is 21.1 Å². The SMILES string of the molecule is COc1ccc(S(=O)(=O)N2CCc3cc(S(=O)(=O)N(C)C)ccc32)cc1C(=O)N1CCOCC1. The number of methoxy groups -OCH3 is 1. The van der Waals surface area contributed by atoms with Crippen LogP contribution in [-0.2, 0) is 31.2 Å². The molecule has 34 heavy (non-hydrogen) atoms. The van der Waals surface area contributed by atoms with E-state index in [1.165, 1.54) is 61.9 Å². The van der Waals surface area contributed by atoms with Crippen LogP contribution < -0.4 is 9.04 Å². The number of carbonyl (C=O) groups excluding carboxylic acids is 1. The van der Waals surface area contributed by atoms with Gasteiger partial charge in [0.1, 0.15) is 5.75 Å². The average Bonchev–Trinajstić information content (AvgIpc) is 3.28. The monoisotopic (exact) mass is 509 g/mol. The highest BCUT2D eigenvalue weighted by atomic mass is 32.2. The van der Waals surface area contributed by atoms with Gasteiger partial charge in [-0.05, 0) is 48.4 Å². The van der Waals surface area contributed by atoms with E-state index in [0.29, 0.717) is 44.0 Å². The number of hydrogen-bond acceptors (Lipinski definition) is 7. The normalized spacial score (nSPS) is 16.6. The molecule has 10 nitrogen and oxygen atoms in total.